The van der Waals surface area contributed by atoms with Gasteiger partial charge in [-0.3, -0.25) is 4.79 Å². The number of morpholine rings is 1. The highest BCUT2D eigenvalue weighted by Gasteiger charge is 2.27. The summed E-state index contributed by atoms with van der Waals surface area (Å²) in [5.74, 6) is 0.318. The summed E-state index contributed by atoms with van der Waals surface area (Å²) in [4.78, 5) is 29.7. The summed E-state index contributed by atoms with van der Waals surface area (Å²) in [6, 6.07) is 3.47. The predicted molar refractivity (Wildman–Crippen MR) is 116 cm³/mol. The first kappa shape index (κ1) is 22.9. The van der Waals surface area contributed by atoms with Crippen LogP contribution in [-0.2, 0) is 14.3 Å². The van der Waals surface area contributed by atoms with Crippen molar-refractivity contribution in [2.45, 2.75) is 39.4 Å². The maximum Gasteiger partial charge on any atom is 0.356 e. The summed E-state index contributed by atoms with van der Waals surface area (Å²) in [6.07, 6.45) is 0.679. The average molecular weight is 435 g/mol. The van der Waals surface area contributed by atoms with E-state index in [9.17, 15) is 9.59 Å². The number of aromatic nitrogens is 1. The number of nitrogens with one attached hydrogen (secondary N) is 3. The topological polar surface area (TPSA) is 103 Å². The number of amides is 1. The number of hydrogen-bond donors (Lipinski definition) is 3. The molecule has 1 aromatic carbocycles. The molecule has 3 rings (SSSR count). The minimum Gasteiger partial charge on any atom is -0.493 e. The van der Waals surface area contributed by atoms with Crippen molar-refractivity contribution < 1.29 is 33.4 Å². The molecular formula is C22H32N3O6+. The van der Waals surface area contributed by atoms with Crippen LogP contribution in [0.5, 0.6) is 11.5 Å². The first-order valence-corrected chi connectivity index (χ1v) is 10.6. The fourth-order valence-electron chi connectivity index (χ4n) is 4.09. The van der Waals surface area contributed by atoms with E-state index < -0.39 is 5.97 Å². The number of ether oxygens (including phenoxy) is 4. The lowest BCUT2D eigenvalue weighted by Gasteiger charge is -2.32. The van der Waals surface area contributed by atoms with Crippen LogP contribution in [0.2, 0.25) is 0 Å². The number of benzene rings is 1. The number of aromatic amines is 1. The van der Waals surface area contributed by atoms with Crippen molar-refractivity contribution in [3.8, 4) is 11.5 Å². The summed E-state index contributed by atoms with van der Waals surface area (Å²) >= 11 is 0. The first-order chi connectivity index (χ1) is 14.9. The van der Waals surface area contributed by atoms with Gasteiger partial charge in [0.25, 0.3) is 0 Å². The fraction of sp³-hybridized carbons (Fsp3) is 0.545. The van der Waals surface area contributed by atoms with Gasteiger partial charge in [0.1, 0.15) is 31.0 Å². The summed E-state index contributed by atoms with van der Waals surface area (Å²) in [7, 11) is 3.07. The molecule has 0 bridgehead atoms. The van der Waals surface area contributed by atoms with Crippen LogP contribution in [0, 0.1) is 0 Å². The lowest BCUT2D eigenvalue weighted by Crippen LogP contribution is -3.15. The van der Waals surface area contributed by atoms with Crippen molar-refractivity contribution in [1.82, 2.24) is 4.98 Å². The first-order valence-electron chi connectivity index (χ1n) is 10.6. The second-order valence-corrected chi connectivity index (χ2v) is 7.81. The lowest BCUT2D eigenvalue weighted by molar-refractivity contribution is -0.914. The van der Waals surface area contributed by atoms with Gasteiger partial charge in [-0.15, -0.1) is 0 Å². The van der Waals surface area contributed by atoms with Gasteiger partial charge in [0.05, 0.1) is 45.0 Å². The van der Waals surface area contributed by atoms with Crippen LogP contribution in [0.15, 0.2) is 12.1 Å². The molecule has 170 valence electrons. The van der Waals surface area contributed by atoms with Crippen molar-refractivity contribution in [3.05, 3.63) is 17.8 Å². The van der Waals surface area contributed by atoms with Crippen molar-refractivity contribution in [2.24, 2.45) is 0 Å². The van der Waals surface area contributed by atoms with Crippen LogP contribution in [0.1, 0.15) is 37.7 Å². The molecule has 0 aliphatic carbocycles. The van der Waals surface area contributed by atoms with Gasteiger partial charge in [-0.1, -0.05) is 0 Å². The fourth-order valence-corrected chi connectivity index (χ4v) is 4.09. The maximum atomic E-state index is 12.8. The largest absolute Gasteiger partial charge is 0.493 e. The maximum absolute atomic E-state index is 12.8. The Morgan fingerprint density at radius 2 is 1.81 bits per heavy atom. The Balaban J connectivity index is 1.83. The number of anilines is 1. The number of carbonyl (C=O) groups excluding carboxylic acids is 2. The van der Waals surface area contributed by atoms with Crippen LogP contribution in [0.25, 0.3) is 10.9 Å². The number of fused-ring (bicyclic) bond motifs is 1. The highest BCUT2D eigenvalue weighted by molar-refractivity contribution is 6.11. The van der Waals surface area contributed by atoms with E-state index >= 15 is 0 Å². The molecule has 2 atom stereocenters. The molecule has 1 fully saturated rings. The van der Waals surface area contributed by atoms with Crippen LogP contribution >= 0.6 is 0 Å². The third-order valence-electron chi connectivity index (χ3n) is 5.37. The van der Waals surface area contributed by atoms with Crippen LogP contribution in [0.3, 0.4) is 0 Å². The molecule has 2 aromatic rings. The Morgan fingerprint density at radius 3 is 2.42 bits per heavy atom. The number of esters is 1. The second kappa shape index (κ2) is 10.0. The van der Waals surface area contributed by atoms with E-state index in [4.69, 9.17) is 18.9 Å². The monoisotopic (exact) mass is 434 g/mol. The standard InChI is InChI=1S/C22H31N3O6/c1-6-30-22(27)21-20(15-9-17(28-4)18(29-5)10-16(15)23-21)24-19(26)7-8-25-11-13(2)31-14(3)12-25/h9-10,13-14,23H,6-8,11-12H2,1-5H3,(H,24,26)/p+1/t13-,14-/m0/s1. The van der Waals surface area contributed by atoms with Crippen LogP contribution in [-0.4, -0.2) is 69.5 Å². The van der Waals surface area contributed by atoms with Gasteiger partial charge in [0.15, 0.2) is 11.5 Å². The minimum absolute atomic E-state index is 0.166. The molecule has 1 aromatic heterocycles. The van der Waals surface area contributed by atoms with Gasteiger partial charge in [0.2, 0.25) is 5.91 Å². The summed E-state index contributed by atoms with van der Waals surface area (Å²) in [5, 5.41) is 3.56. The molecular weight excluding hydrogens is 402 g/mol. The number of methoxy groups -OCH3 is 2. The van der Waals surface area contributed by atoms with E-state index in [-0.39, 0.29) is 30.4 Å². The molecule has 0 spiro atoms. The van der Waals surface area contributed by atoms with Crippen LogP contribution < -0.4 is 19.7 Å². The third-order valence-corrected chi connectivity index (χ3v) is 5.37. The molecule has 1 aliphatic heterocycles. The summed E-state index contributed by atoms with van der Waals surface area (Å²) in [6.45, 7) is 8.50. The molecule has 9 heteroatoms. The zero-order valence-electron chi connectivity index (χ0n) is 18.8. The smallest absolute Gasteiger partial charge is 0.356 e. The Hall–Kier alpha value is -2.78. The predicted octanol–water partition coefficient (Wildman–Crippen LogP) is 1.38. The lowest BCUT2D eigenvalue weighted by atomic mass is 10.2. The van der Waals surface area contributed by atoms with Gasteiger partial charge >= 0.3 is 5.97 Å². The van der Waals surface area contributed by atoms with E-state index in [2.05, 4.69) is 24.1 Å². The van der Waals surface area contributed by atoms with Gasteiger partial charge in [-0.25, -0.2) is 4.79 Å². The van der Waals surface area contributed by atoms with Gasteiger partial charge in [0, 0.05) is 11.5 Å². The van der Waals surface area contributed by atoms with Gasteiger partial charge < -0.3 is 34.1 Å². The number of quaternary nitrogens is 1. The molecule has 0 radical (unpaired) electrons. The number of carbonyl (C=O) groups is 2. The molecule has 2 heterocycles. The van der Waals surface area contributed by atoms with Crippen molar-refractivity contribution >= 4 is 28.5 Å². The molecule has 0 unspecified atom stereocenters. The quantitative estimate of drug-likeness (QED) is 0.543. The van der Waals surface area contributed by atoms with E-state index in [1.54, 1.807) is 19.1 Å². The zero-order valence-corrected chi connectivity index (χ0v) is 18.8. The average Bonchev–Trinajstić information content (AvgIpc) is 3.08. The second-order valence-electron chi connectivity index (χ2n) is 7.81. The Labute approximate surface area is 182 Å². The zero-order chi connectivity index (χ0) is 22.5. The highest BCUT2D eigenvalue weighted by Crippen LogP contribution is 2.37. The van der Waals surface area contributed by atoms with Crippen molar-refractivity contribution in [2.75, 3.05) is 45.8 Å². The summed E-state index contributed by atoms with van der Waals surface area (Å²) < 4.78 is 21.7. The molecule has 9 nitrogen and oxygen atoms in total. The molecule has 31 heavy (non-hydrogen) atoms. The third kappa shape index (κ3) is 5.29. The van der Waals surface area contributed by atoms with Gasteiger partial charge in [-0.2, -0.15) is 0 Å². The minimum atomic E-state index is -0.534. The van der Waals surface area contributed by atoms with Crippen molar-refractivity contribution in [1.29, 1.82) is 0 Å². The molecule has 3 N–H and O–H groups in total. The summed E-state index contributed by atoms with van der Waals surface area (Å²) in [5.41, 5.74) is 1.22. The number of H-pyrrole nitrogens is 1. The number of rotatable bonds is 8. The van der Waals surface area contributed by atoms with Gasteiger partial charge in [-0.05, 0) is 26.8 Å². The highest BCUT2D eigenvalue weighted by atomic mass is 16.5. The normalized spacial score (nSPS) is 21.0. The van der Waals surface area contributed by atoms with E-state index in [0.717, 1.165) is 13.1 Å². The molecule has 1 aliphatic rings. The molecule has 1 saturated heterocycles. The SMILES string of the molecule is CCOC(=O)c1[nH]c2cc(OC)c(OC)cc2c1NC(=O)CC[NH+]1C[C@H](C)O[C@@H](C)C1. The Bertz CT molecular complexity index is 931. The molecule has 0 saturated carbocycles. The van der Waals surface area contributed by atoms with Crippen LogP contribution in [0.4, 0.5) is 5.69 Å². The Kier molecular flexibility index (Phi) is 7.40. The molecule has 1 amide bonds. The van der Waals surface area contributed by atoms with E-state index in [1.807, 2.05) is 0 Å². The Morgan fingerprint density at radius 1 is 1.16 bits per heavy atom. The van der Waals surface area contributed by atoms with E-state index in [1.165, 1.54) is 19.1 Å². The van der Waals surface area contributed by atoms with E-state index in [0.29, 0.717) is 41.1 Å². The van der Waals surface area contributed by atoms with Crippen molar-refractivity contribution in [3.63, 3.8) is 0 Å². The number of hydrogen-bond acceptors (Lipinski definition) is 6.